The van der Waals surface area contributed by atoms with Gasteiger partial charge in [0.1, 0.15) is 0 Å². The van der Waals surface area contributed by atoms with Gasteiger partial charge in [0, 0.05) is 17.8 Å². The molecule has 1 N–H and O–H groups in total. The van der Waals surface area contributed by atoms with Crippen molar-refractivity contribution in [3.05, 3.63) is 69.8 Å². The molecule has 0 aliphatic rings. The second kappa shape index (κ2) is 7.73. The van der Waals surface area contributed by atoms with Crippen LogP contribution < -0.4 is 5.32 Å². The van der Waals surface area contributed by atoms with Gasteiger partial charge in [0.15, 0.2) is 0 Å². The van der Waals surface area contributed by atoms with Gasteiger partial charge in [-0.2, -0.15) is 0 Å². The van der Waals surface area contributed by atoms with Gasteiger partial charge in [-0.15, -0.1) is 0 Å². The van der Waals surface area contributed by atoms with Gasteiger partial charge in [0.2, 0.25) is 5.91 Å². The number of nitro benzene ring substituents is 1. The maximum Gasteiger partial charge on any atom is 0.269 e. The Balaban J connectivity index is 2.19. The Hall–Kier alpha value is -2.69. The molecule has 2 rings (SSSR count). The number of carbonyl (C=O) groups is 1. The minimum absolute atomic E-state index is 0.0248. The van der Waals surface area contributed by atoms with Crippen LogP contribution in [0.2, 0.25) is 0 Å². The lowest BCUT2D eigenvalue weighted by Gasteiger charge is -2.20. The minimum atomic E-state index is -0.441. The topological polar surface area (TPSA) is 72.2 Å². The molecule has 0 aliphatic heterocycles. The number of nitro groups is 1. The van der Waals surface area contributed by atoms with Crippen molar-refractivity contribution in [3.63, 3.8) is 0 Å². The third kappa shape index (κ3) is 4.19. The van der Waals surface area contributed by atoms with Gasteiger partial charge >= 0.3 is 0 Å². The highest BCUT2D eigenvalue weighted by molar-refractivity contribution is 5.96. The summed E-state index contributed by atoms with van der Waals surface area (Å²) in [6.07, 6.45) is 0.950. The molecule has 5 nitrogen and oxygen atoms in total. The van der Waals surface area contributed by atoms with Gasteiger partial charge in [-0.3, -0.25) is 14.9 Å². The zero-order valence-corrected chi connectivity index (χ0v) is 14.2. The lowest BCUT2D eigenvalue weighted by atomic mass is 9.87. The van der Waals surface area contributed by atoms with Crippen molar-refractivity contribution in [1.82, 2.24) is 0 Å². The Kier molecular flexibility index (Phi) is 5.68. The Labute approximate surface area is 141 Å². The molecular weight excluding hydrogens is 304 g/mol. The molecule has 0 spiro atoms. The number of anilines is 1. The van der Waals surface area contributed by atoms with Gasteiger partial charge in [-0.25, -0.2) is 0 Å². The van der Waals surface area contributed by atoms with Crippen LogP contribution in [-0.2, 0) is 11.2 Å². The van der Waals surface area contributed by atoms with Crippen molar-refractivity contribution >= 4 is 17.3 Å². The fourth-order valence-corrected chi connectivity index (χ4v) is 2.69. The third-order valence-electron chi connectivity index (χ3n) is 4.04. The van der Waals surface area contributed by atoms with E-state index in [1.165, 1.54) is 17.7 Å². The number of non-ortho nitro benzene ring substituents is 1. The molecule has 126 valence electrons. The van der Waals surface area contributed by atoms with E-state index in [0.29, 0.717) is 0 Å². The predicted octanol–water partition coefficient (Wildman–Crippen LogP) is 4.54. The van der Waals surface area contributed by atoms with Crippen molar-refractivity contribution in [1.29, 1.82) is 0 Å². The SMILES string of the molecule is CCc1ccc(NC(=O)C(c2ccc([N+](=O)[O-])cc2)C(C)C)cc1. The van der Waals surface area contributed by atoms with Gasteiger partial charge in [-0.1, -0.05) is 45.0 Å². The summed E-state index contributed by atoms with van der Waals surface area (Å²) < 4.78 is 0. The molecule has 5 heteroatoms. The van der Waals surface area contributed by atoms with E-state index in [4.69, 9.17) is 0 Å². The van der Waals surface area contributed by atoms with E-state index in [1.54, 1.807) is 12.1 Å². The molecule has 2 aromatic carbocycles. The summed E-state index contributed by atoms with van der Waals surface area (Å²) >= 11 is 0. The molecule has 0 aromatic heterocycles. The summed E-state index contributed by atoms with van der Waals surface area (Å²) in [5.41, 5.74) is 2.77. The second-order valence-electron chi connectivity index (χ2n) is 6.11. The largest absolute Gasteiger partial charge is 0.326 e. The summed E-state index contributed by atoms with van der Waals surface area (Å²) in [4.78, 5) is 23.0. The highest BCUT2D eigenvalue weighted by Crippen LogP contribution is 2.28. The first-order valence-corrected chi connectivity index (χ1v) is 8.06. The fourth-order valence-electron chi connectivity index (χ4n) is 2.69. The molecule has 0 radical (unpaired) electrons. The standard InChI is InChI=1S/C19H22N2O3/c1-4-14-5-9-16(10-6-14)20-19(22)18(13(2)3)15-7-11-17(12-8-15)21(23)24/h5-13,18H,4H2,1-3H3,(H,20,22). The van der Waals surface area contributed by atoms with Crippen molar-refractivity contribution in [3.8, 4) is 0 Å². The number of amides is 1. The van der Waals surface area contributed by atoms with Crippen LogP contribution in [0.4, 0.5) is 11.4 Å². The molecule has 0 saturated heterocycles. The predicted molar refractivity (Wildman–Crippen MR) is 95.1 cm³/mol. The smallest absolute Gasteiger partial charge is 0.269 e. The van der Waals surface area contributed by atoms with Gasteiger partial charge in [-0.05, 0) is 35.6 Å². The summed E-state index contributed by atoms with van der Waals surface area (Å²) in [5, 5.41) is 13.7. The van der Waals surface area contributed by atoms with E-state index in [0.717, 1.165) is 17.7 Å². The number of nitrogens with one attached hydrogen (secondary N) is 1. The average Bonchev–Trinajstić information content (AvgIpc) is 2.56. The van der Waals surface area contributed by atoms with E-state index < -0.39 is 4.92 Å². The lowest BCUT2D eigenvalue weighted by Crippen LogP contribution is -2.25. The summed E-state index contributed by atoms with van der Waals surface area (Å²) in [6, 6.07) is 14.0. The molecule has 1 unspecified atom stereocenters. The number of hydrogen-bond acceptors (Lipinski definition) is 3. The maximum atomic E-state index is 12.7. The van der Waals surface area contributed by atoms with E-state index in [1.807, 2.05) is 38.1 Å². The molecule has 1 amide bonds. The molecule has 0 heterocycles. The number of benzene rings is 2. The zero-order chi connectivity index (χ0) is 17.7. The molecule has 0 bridgehead atoms. The van der Waals surface area contributed by atoms with Crippen LogP contribution in [0.25, 0.3) is 0 Å². The van der Waals surface area contributed by atoms with Gasteiger partial charge in [0.05, 0.1) is 10.8 Å². The van der Waals surface area contributed by atoms with Crippen LogP contribution in [-0.4, -0.2) is 10.8 Å². The van der Waals surface area contributed by atoms with Crippen LogP contribution in [0.15, 0.2) is 48.5 Å². The van der Waals surface area contributed by atoms with Crippen LogP contribution in [0.1, 0.15) is 37.8 Å². The molecule has 0 saturated carbocycles. The van der Waals surface area contributed by atoms with Crippen molar-refractivity contribution in [2.75, 3.05) is 5.32 Å². The third-order valence-corrected chi connectivity index (χ3v) is 4.04. The lowest BCUT2D eigenvalue weighted by molar-refractivity contribution is -0.384. The van der Waals surface area contributed by atoms with Crippen molar-refractivity contribution < 1.29 is 9.72 Å². The van der Waals surface area contributed by atoms with E-state index in [2.05, 4.69) is 12.2 Å². The van der Waals surface area contributed by atoms with Gasteiger partial charge in [0.25, 0.3) is 5.69 Å². The van der Waals surface area contributed by atoms with Crippen molar-refractivity contribution in [2.45, 2.75) is 33.1 Å². The second-order valence-corrected chi connectivity index (χ2v) is 6.11. The Morgan fingerprint density at radius 3 is 2.12 bits per heavy atom. The van der Waals surface area contributed by atoms with Crippen molar-refractivity contribution in [2.24, 2.45) is 5.92 Å². The van der Waals surface area contributed by atoms with E-state index in [-0.39, 0.29) is 23.4 Å². The number of aryl methyl sites for hydroxylation is 1. The number of nitrogens with zero attached hydrogens (tertiary/aromatic N) is 1. The minimum Gasteiger partial charge on any atom is -0.326 e. The van der Waals surface area contributed by atoms with Crippen LogP contribution in [0.3, 0.4) is 0 Å². The average molecular weight is 326 g/mol. The first-order chi connectivity index (χ1) is 11.4. The normalized spacial score (nSPS) is 12.0. The fraction of sp³-hybridized carbons (Fsp3) is 0.316. The molecular formula is C19H22N2O3. The molecule has 0 fully saturated rings. The maximum absolute atomic E-state index is 12.7. The number of rotatable bonds is 6. The molecule has 1 atom stereocenters. The monoisotopic (exact) mass is 326 g/mol. The summed E-state index contributed by atoms with van der Waals surface area (Å²) in [6.45, 7) is 6.01. The number of carbonyl (C=O) groups excluding carboxylic acids is 1. The summed E-state index contributed by atoms with van der Waals surface area (Å²) in [5.74, 6) is -0.402. The highest BCUT2D eigenvalue weighted by Gasteiger charge is 2.24. The van der Waals surface area contributed by atoms with Gasteiger partial charge < -0.3 is 5.32 Å². The van der Waals surface area contributed by atoms with Crippen LogP contribution in [0.5, 0.6) is 0 Å². The van der Waals surface area contributed by atoms with E-state index >= 15 is 0 Å². The van der Waals surface area contributed by atoms with Crippen LogP contribution in [0, 0.1) is 16.0 Å². The first kappa shape index (κ1) is 17.7. The zero-order valence-electron chi connectivity index (χ0n) is 14.2. The summed E-state index contributed by atoms with van der Waals surface area (Å²) in [7, 11) is 0. The first-order valence-electron chi connectivity index (χ1n) is 8.06. The molecule has 24 heavy (non-hydrogen) atoms. The molecule has 2 aromatic rings. The van der Waals surface area contributed by atoms with E-state index in [9.17, 15) is 14.9 Å². The Morgan fingerprint density at radius 1 is 1.08 bits per heavy atom. The quantitative estimate of drug-likeness (QED) is 0.626. The Morgan fingerprint density at radius 2 is 1.67 bits per heavy atom. The number of hydrogen-bond donors (Lipinski definition) is 1. The highest BCUT2D eigenvalue weighted by atomic mass is 16.6. The molecule has 0 aliphatic carbocycles. The van der Waals surface area contributed by atoms with Crippen LogP contribution >= 0.6 is 0 Å². The Bertz CT molecular complexity index is 706.